The van der Waals surface area contributed by atoms with Crippen molar-refractivity contribution in [2.24, 2.45) is 0 Å². The summed E-state index contributed by atoms with van der Waals surface area (Å²) in [7, 11) is -0.406. The number of rotatable bonds is 0. The van der Waals surface area contributed by atoms with Gasteiger partial charge in [-0.1, -0.05) is 21.3 Å². The quantitative estimate of drug-likeness (QED) is 0.523. The van der Waals surface area contributed by atoms with Crippen molar-refractivity contribution in [2.75, 3.05) is 0 Å². The third-order valence-corrected chi connectivity index (χ3v) is 1.15. The molecule has 0 bridgehead atoms. The maximum absolute atomic E-state index is 5.11. The highest BCUT2D eigenvalue weighted by atomic mass is 16.7. The summed E-state index contributed by atoms with van der Waals surface area (Å²) in [5.41, 5.74) is 0. The zero-order valence-electron chi connectivity index (χ0n) is 7.96. The lowest BCUT2D eigenvalue weighted by Gasteiger charge is -2.25. The summed E-state index contributed by atoms with van der Waals surface area (Å²) in [4.78, 5) is 0. The molecular weight excluding hydrogens is 152 g/mol. The molecule has 1 aliphatic rings. The lowest BCUT2D eigenvalue weighted by Crippen LogP contribution is -2.44. The highest BCUT2D eigenvalue weighted by Gasteiger charge is 2.31. The maximum Gasteiger partial charge on any atom is 0.426 e. The SMILES string of the molecule is C.CB1OB(C)OB(C)O1.CC. The molecule has 0 amide bonds. The van der Waals surface area contributed by atoms with Crippen LogP contribution in [0, 0.1) is 0 Å². The largest absolute Gasteiger partial charge is 0.453 e. The van der Waals surface area contributed by atoms with Gasteiger partial charge in [-0.25, -0.2) is 0 Å². The first-order valence-electron chi connectivity index (χ1n) is 4.15. The molecule has 1 saturated heterocycles. The minimum Gasteiger partial charge on any atom is -0.453 e. The first-order valence-corrected chi connectivity index (χ1v) is 4.15. The van der Waals surface area contributed by atoms with E-state index in [1.807, 2.05) is 34.3 Å². The minimum atomic E-state index is -0.135. The third kappa shape index (κ3) is 5.69. The molecule has 0 unspecified atom stereocenters. The second-order valence-electron chi connectivity index (χ2n) is 2.11. The van der Waals surface area contributed by atoms with Crippen LogP contribution in [0.4, 0.5) is 0 Å². The Kier molecular flexibility index (Phi) is 9.37. The van der Waals surface area contributed by atoms with Gasteiger partial charge in [-0.05, 0) is 20.5 Å². The molecule has 1 heterocycles. The molecule has 1 rings (SSSR count). The van der Waals surface area contributed by atoms with Crippen molar-refractivity contribution in [2.45, 2.75) is 41.7 Å². The van der Waals surface area contributed by atoms with Crippen molar-refractivity contribution in [3.8, 4) is 0 Å². The van der Waals surface area contributed by atoms with E-state index in [2.05, 4.69) is 0 Å². The number of hydrogen-bond donors (Lipinski definition) is 0. The number of hydrogen-bond acceptors (Lipinski definition) is 3. The fourth-order valence-corrected chi connectivity index (χ4v) is 0.906. The molecule has 6 heteroatoms. The van der Waals surface area contributed by atoms with E-state index in [9.17, 15) is 0 Å². The summed E-state index contributed by atoms with van der Waals surface area (Å²) in [5, 5.41) is 0. The first-order chi connectivity index (χ1) is 5.18. The van der Waals surface area contributed by atoms with E-state index in [-0.39, 0.29) is 28.8 Å². The first kappa shape index (κ1) is 14.6. The van der Waals surface area contributed by atoms with Gasteiger partial charge < -0.3 is 13.7 Å². The molecule has 0 aromatic carbocycles. The van der Waals surface area contributed by atoms with Crippen LogP contribution in [0.1, 0.15) is 21.3 Å². The van der Waals surface area contributed by atoms with Crippen molar-refractivity contribution in [3.63, 3.8) is 0 Å². The van der Waals surface area contributed by atoms with E-state index < -0.39 is 0 Å². The van der Waals surface area contributed by atoms with Crippen LogP contribution in [0.25, 0.3) is 0 Å². The summed E-state index contributed by atoms with van der Waals surface area (Å²) >= 11 is 0. The molecule has 1 fully saturated rings. The highest BCUT2D eigenvalue weighted by Crippen LogP contribution is 2.06. The van der Waals surface area contributed by atoms with E-state index in [4.69, 9.17) is 13.7 Å². The Morgan fingerprint density at radius 1 is 0.667 bits per heavy atom. The molecule has 0 N–H and O–H groups in total. The van der Waals surface area contributed by atoms with E-state index in [1.54, 1.807) is 0 Å². The Labute approximate surface area is 77.6 Å². The topological polar surface area (TPSA) is 27.7 Å². The normalized spacial score (nSPS) is 16.2. The van der Waals surface area contributed by atoms with Gasteiger partial charge in [0.15, 0.2) is 0 Å². The van der Waals surface area contributed by atoms with Crippen molar-refractivity contribution in [1.82, 2.24) is 0 Å². The lowest BCUT2D eigenvalue weighted by atomic mass is 9.74. The summed E-state index contributed by atoms with van der Waals surface area (Å²) in [6.45, 7) is 9.57. The van der Waals surface area contributed by atoms with Gasteiger partial charge in [0.1, 0.15) is 0 Å². The Hall–Kier alpha value is 0.0748. The van der Waals surface area contributed by atoms with Gasteiger partial charge in [0.25, 0.3) is 0 Å². The second kappa shape index (κ2) is 7.71. The summed E-state index contributed by atoms with van der Waals surface area (Å²) in [5.74, 6) is 0. The van der Waals surface area contributed by atoms with Crippen molar-refractivity contribution in [3.05, 3.63) is 0 Å². The van der Waals surface area contributed by atoms with Gasteiger partial charge in [-0.15, -0.1) is 0 Å². The zero-order valence-corrected chi connectivity index (χ0v) is 7.96. The van der Waals surface area contributed by atoms with Crippen LogP contribution in [0.3, 0.4) is 0 Å². The molecule has 0 radical (unpaired) electrons. The Morgan fingerprint density at radius 3 is 1.00 bits per heavy atom. The average Bonchev–Trinajstić information content (AvgIpc) is 1.88. The van der Waals surface area contributed by atoms with Crippen LogP contribution in [0.5, 0.6) is 0 Å². The van der Waals surface area contributed by atoms with Gasteiger partial charge >= 0.3 is 21.4 Å². The predicted octanol–water partition coefficient (Wildman–Crippen LogP) is 2.07. The molecule has 0 aliphatic carbocycles. The van der Waals surface area contributed by atoms with Crippen molar-refractivity contribution >= 4 is 21.4 Å². The van der Waals surface area contributed by atoms with Crippen LogP contribution in [-0.2, 0) is 13.7 Å². The van der Waals surface area contributed by atoms with E-state index in [0.29, 0.717) is 0 Å². The third-order valence-electron chi connectivity index (χ3n) is 1.15. The van der Waals surface area contributed by atoms with Gasteiger partial charge in [-0.2, -0.15) is 0 Å². The molecule has 12 heavy (non-hydrogen) atoms. The highest BCUT2D eigenvalue weighted by molar-refractivity contribution is 6.72. The maximum atomic E-state index is 5.11. The fourth-order valence-electron chi connectivity index (χ4n) is 0.906. The summed E-state index contributed by atoms with van der Waals surface area (Å²) in [6, 6.07) is 0. The molecular formula is C6H19B3O3. The van der Waals surface area contributed by atoms with E-state index >= 15 is 0 Å². The van der Waals surface area contributed by atoms with E-state index in [1.165, 1.54) is 0 Å². The Balaban J connectivity index is 0. The monoisotopic (exact) mass is 172 g/mol. The second-order valence-corrected chi connectivity index (χ2v) is 2.11. The van der Waals surface area contributed by atoms with Gasteiger partial charge in [-0.3, -0.25) is 0 Å². The van der Waals surface area contributed by atoms with Crippen molar-refractivity contribution in [1.29, 1.82) is 0 Å². The van der Waals surface area contributed by atoms with Gasteiger partial charge in [0.2, 0.25) is 0 Å². The Morgan fingerprint density at radius 2 is 0.833 bits per heavy atom. The molecule has 0 aromatic heterocycles. The molecule has 0 atom stereocenters. The van der Waals surface area contributed by atoms with Crippen LogP contribution in [-0.4, -0.2) is 21.4 Å². The standard InChI is InChI=1S/C3H9B3O3.C2H6.CH4/c1-4-7-5(2)9-6(3)8-4;1-2;/h1-3H3;1-2H3;1H4. The molecule has 1 aliphatic heterocycles. The zero-order chi connectivity index (χ0) is 8.85. The smallest absolute Gasteiger partial charge is 0.426 e. The Bertz CT molecular complexity index is 79.0. The van der Waals surface area contributed by atoms with Crippen molar-refractivity contribution < 1.29 is 13.7 Å². The molecule has 0 saturated carbocycles. The van der Waals surface area contributed by atoms with Gasteiger partial charge in [0, 0.05) is 0 Å². The lowest BCUT2D eigenvalue weighted by molar-refractivity contribution is 0.294. The fraction of sp³-hybridized carbons (Fsp3) is 1.00. The van der Waals surface area contributed by atoms with Crippen LogP contribution in [0.2, 0.25) is 20.5 Å². The summed E-state index contributed by atoms with van der Waals surface area (Å²) in [6.07, 6.45) is 0. The summed E-state index contributed by atoms with van der Waals surface area (Å²) < 4.78 is 15.3. The molecule has 0 aromatic rings. The van der Waals surface area contributed by atoms with Crippen LogP contribution in [0.15, 0.2) is 0 Å². The minimum absolute atomic E-state index is 0. The van der Waals surface area contributed by atoms with Crippen LogP contribution >= 0.6 is 0 Å². The molecule has 70 valence electrons. The predicted molar refractivity (Wildman–Crippen MR) is 56.2 cm³/mol. The molecule has 0 spiro atoms. The van der Waals surface area contributed by atoms with Crippen LogP contribution < -0.4 is 0 Å². The molecule has 3 nitrogen and oxygen atoms in total. The van der Waals surface area contributed by atoms with Gasteiger partial charge in [0.05, 0.1) is 0 Å². The van der Waals surface area contributed by atoms with E-state index in [0.717, 1.165) is 0 Å². The average molecular weight is 172 g/mol.